The number of rotatable bonds is 4. The second kappa shape index (κ2) is 8.77. The van der Waals surface area contributed by atoms with E-state index in [1.807, 2.05) is 28.8 Å². The number of fused-ring (bicyclic) bond motifs is 1. The highest BCUT2D eigenvalue weighted by Gasteiger charge is 2.37. The van der Waals surface area contributed by atoms with Crippen molar-refractivity contribution in [2.45, 2.75) is 19.0 Å². The Labute approximate surface area is 193 Å². The number of piperidine rings is 1. The SMILES string of the molecule is O=C(Nc1ccc(-n2cnc3ccccc32)nc1)C1CCCN(c2ncccc2C(F)(F)F)C1. The number of alkyl halides is 3. The first-order chi connectivity index (χ1) is 16.4. The highest BCUT2D eigenvalue weighted by atomic mass is 19.4. The average Bonchev–Trinajstić information content (AvgIpc) is 3.28. The molecule has 1 N–H and O–H groups in total. The molecule has 1 fully saturated rings. The second-order valence-electron chi connectivity index (χ2n) is 8.16. The number of hydrogen-bond acceptors (Lipinski definition) is 5. The minimum Gasteiger partial charge on any atom is -0.355 e. The lowest BCUT2D eigenvalue weighted by Crippen LogP contribution is -2.42. The third-order valence-corrected chi connectivity index (χ3v) is 5.90. The maximum absolute atomic E-state index is 13.4. The van der Waals surface area contributed by atoms with Gasteiger partial charge in [0.15, 0.2) is 0 Å². The Morgan fingerprint density at radius 3 is 2.68 bits per heavy atom. The Balaban J connectivity index is 1.28. The third kappa shape index (κ3) is 4.30. The number of amides is 1. The van der Waals surface area contributed by atoms with Gasteiger partial charge in [-0.25, -0.2) is 15.0 Å². The Morgan fingerprint density at radius 2 is 1.88 bits per heavy atom. The summed E-state index contributed by atoms with van der Waals surface area (Å²) in [6.07, 6.45) is 1.26. The Kier molecular flexibility index (Phi) is 5.64. The molecule has 0 aliphatic carbocycles. The highest BCUT2D eigenvalue weighted by Crippen LogP contribution is 2.36. The molecule has 0 bridgehead atoms. The van der Waals surface area contributed by atoms with Crippen molar-refractivity contribution >= 4 is 28.4 Å². The minimum atomic E-state index is -4.51. The summed E-state index contributed by atoms with van der Waals surface area (Å²) < 4.78 is 42.1. The fourth-order valence-electron chi connectivity index (χ4n) is 4.24. The first-order valence-corrected chi connectivity index (χ1v) is 10.9. The normalized spacial score (nSPS) is 16.6. The number of nitrogens with one attached hydrogen (secondary N) is 1. The van der Waals surface area contributed by atoms with Gasteiger partial charge in [-0.1, -0.05) is 12.1 Å². The number of anilines is 2. The van der Waals surface area contributed by atoms with Crippen LogP contribution in [0.2, 0.25) is 0 Å². The van der Waals surface area contributed by atoms with Crippen LogP contribution in [0.25, 0.3) is 16.9 Å². The molecule has 1 amide bonds. The largest absolute Gasteiger partial charge is 0.419 e. The molecule has 1 atom stereocenters. The standard InChI is InChI=1S/C24H21F3N6O/c25-24(26,27)18-6-3-11-28-22(18)32-12-4-5-16(14-32)23(34)31-17-9-10-21(29-13-17)33-15-30-19-7-1-2-8-20(19)33/h1-3,6-11,13,15-16H,4-5,12,14H2,(H,31,34). The number of imidazole rings is 1. The maximum atomic E-state index is 13.4. The van der Waals surface area contributed by atoms with Crippen molar-refractivity contribution < 1.29 is 18.0 Å². The third-order valence-electron chi connectivity index (χ3n) is 5.90. The fraction of sp³-hybridized carbons (Fsp3) is 0.250. The first kappa shape index (κ1) is 21.9. The smallest absolute Gasteiger partial charge is 0.355 e. The van der Waals surface area contributed by atoms with Crippen molar-refractivity contribution in [2.24, 2.45) is 5.92 Å². The Hall–Kier alpha value is -3.95. The first-order valence-electron chi connectivity index (χ1n) is 10.9. The molecular weight excluding hydrogens is 445 g/mol. The summed E-state index contributed by atoms with van der Waals surface area (Å²) in [6, 6.07) is 13.5. The number of halogens is 3. The molecule has 4 aromatic rings. The molecule has 0 spiro atoms. The van der Waals surface area contributed by atoms with Crippen LogP contribution in [0.4, 0.5) is 24.7 Å². The molecule has 0 radical (unpaired) electrons. The van der Waals surface area contributed by atoms with Gasteiger partial charge in [0.1, 0.15) is 18.0 Å². The molecule has 1 aliphatic rings. The van der Waals surface area contributed by atoms with Crippen LogP contribution in [0.1, 0.15) is 18.4 Å². The summed E-state index contributed by atoms with van der Waals surface area (Å²) in [5.74, 6) is -0.192. The van der Waals surface area contributed by atoms with E-state index >= 15 is 0 Å². The highest BCUT2D eigenvalue weighted by molar-refractivity contribution is 5.93. The lowest BCUT2D eigenvalue weighted by atomic mass is 9.96. The van der Waals surface area contributed by atoms with E-state index in [0.29, 0.717) is 30.9 Å². The van der Waals surface area contributed by atoms with Crippen LogP contribution in [0.15, 0.2) is 67.3 Å². The molecule has 1 aliphatic heterocycles. The lowest BCUT2D eigenvalue weighted by Gasteiger charge is -2.34. The summed E-state index contributed by atoms with van der Waals surface area (Å²) in [6.45, 7) is 0.581. The van der Waals surface area contributed by atoms with Gasteiger partial charge < -0.3 is 10.2 Å². The van der Waals surface area contributed by atoms with E-state index < -0.39 is 17.7 Å². The van der Waals surface area contributed by atoms with E-state index in [4.69, 9.17) is 0 Å². The molecule has 10 heteroatoms. The van der Waals surface area contributed by atoms with Crippen LogP contribution in [-0.2, 0) is 11.0 Å². The van der Waals surface area contributed by atoms with Gasteiger partial charge in [-0.2, -0.15) is 13.2 Å². The number of pyridine rings is 2. The van der Waals surface area contributed by atoms with Crippen molar-refractivity contribution in [3.05, 3.63) is 72.8 Å². The van der Waals surface area contributed by atoms with Crippen LogP contribution in [-0.4, -0.2) is 38.5 Å². The van der Waals surface area contributed by atoms with Gasteiger partial charge in [-0.3, -0.25) is 9.36 Å². The zero-order valence-electron chi connectivity index (χ0n) is 18.0. The van der Waals surface area contributed by atoms with Gasteiger partial charge in [-0.05, 0) is 49.2 Å². The van der Waals surface area contributed by atoms with Gasteiger partial charge in [0.05, 0.1) is 34.4 Å². The van der Waals surface area contributed by atoms with Crippen molar-refractivity contribution in [3.8, 4) is 5.82 Å². The van der Waals surface area contributed by atoms with Gasteiger partial charge >= 0.3 is 6.18 Å². The van der Waals surface area contributed by atoms with E-state index in [1.165, 1.54) is 12.3 Å². The van der Waals surface area contributed by atoms with Crippen molar-refractivity contribution in [1.29, 1.82) is 0 Å². The van der Waals surface area contributed by atoms with Crippen molar-refractivity contribution in [1.82, 2.24) is 19.5 Å². The van der Waals surface area contributed by atoms with Crippen LogP contribution in [0, 0.1) is 5.92 Å². The molecular formula is C24H21F3N6O. The summed E-state index contributed by atoms with van der Waals surface area (Å²) >= 11 is 0. The lowest BCUT2D eigenvalue weighted by molar-refractivity contribution is -0.137. The number of aromatic nitrogens is 4. The zero-order valence-corrected chi connectivity index (χ0v) is 18.0. The zero-order chi connectivity index (χ0) is 23.7. The van der Waals surface area contributed by atoms with E-state index in [-0.39, 0.29) is 18.3 Å². The number of benzene rings is 1. The fourth-order valence-corrected chi connectivity index (χ4v) is 4.24. The predicted octanol–water partition coefficient (Wildman–Crippen LogP) is 4.69. The van der Waals surface area contributed by atoms with Crippen LogP contribution in [0.3, 0.4) is 0 Å². The molecule has 4 heterocycles. The summed E-state index contributed by atoms with van der Waals surface area (Å²) in [5.41, 5.74) is 1.50. The molecule has 3 aromatic heterocycles. The van der Waals surface area contributed by atoms with Crippen LogP contribution >= 0.6 is 0 Å². The summed E-state index contributed by atoms with van der Waals surface area (Å²) in [4.78, 5) is 27.2. The Morgan fingerprint density at radius 1 is 1.03 bits per heavy atom. The summed E-state index contributed by atoms with van der Waals surface area (Å²) in [7, 11) is 0. The van der Waals surface area contributed by atoms with Gasteiger partial charge in [-0.15, -0.1) is 0 Å². The summed E-state index contributed by atoms with van der Waals surface area (Å²) in [5, 5.41) is 2.84. The monoisotopic (exact) mass is 466 g/mol. The van der Waals surface area contributed by atoms with Gasteiger partial charge in [0, 0.05) is 19.3 Å². The molecule has 1 unspecified atom stereocenters. The van der Waals surface area contributed by atoms with Crippen molar-refractivity contribution in [2.75, 3.05) is 23.3 Å². The minimum absolute atomic E-state index is 0.133. The molecule has 7 nitrogen and oxygen atoms in total. The van der Waals surface area contributed by atoms with Crippen LogP contribution < -0.4 is 10.2 Å². The van der Waals surface area contributed by atoms with Crippen LogP contribution in [0.5, 0.6) is 0 Å². The topological polar surface area (TPSA) is 75.9 Å². The number of para-hydroxylation sites is 2. The predicted molar refractivity (Wildman–Crippen MR) is 122 cm³/mol. The van der Waals surface area contributed by atoms with E-state index in [1.54, 1.807) is 29.6 Å². The van der Waals surface area contributed by atoms with Gasteiger partial charge in [0.25, 0.3) is 0 Å². The number of hydrogen-bond donors (Lipinski definition) is 1. The number of carbonyl (C=O) groups is 1. The molecule has 1 aromatic carbocycles. The van der Waals surface area contributed by atoms with E-state index in [9.17, 15) is 18.0 Å². The Bertz CT molecular complexity index is 1320. The van der Waals surface area contributed by atoms with Crippen molar-refractivity contribution in [3.63, 3.8) is 0 Å². The number of carbonyl (C=O) groups excluding carboxylic acids is 1. The second-order valence-corrected chi connectivity index (χ2v) is 8.16. The molecule has 174 valence electrons. The molecule has 0 saturated carbocycles. The average molecular weight is 466 g/mol. The molecule has 1 saturated heterocycles. The maximum Gasteiger partial charge on any atom is 0.419 e. The quantitative estimate of drug-likeness (QED) is 0.472. The number of nitrogens with zero attached hydrogens (tertiary/aromatic N) is 5. The van der Waals surface area contributed by atoms with E-state index in [0.717, 1.165) is 17.1 Å². The molecule has 34 heavy (non-hydrogen) atoms. The van der Waals surface area contributed by atoms with Gasteiger partial charge in [0.2, 0.25) is 5.91 Å². The van der Waals surface area contributed by atoms with E-state index in [2.05, 4.69) is 20.3 Å². The molecule has 5 rings (SSSR count).